The van der Waals surface area contributed by atoms with Crippen molar-refractivity contribution in [1.29, 1.82) is 0 Å². The summed E-state index contributed by atoms with van der Waals surface area (Å²) in [6, 6.07) is 19.0. The lowest BCUT2D eigenvalue weighted by molar-refractivity contribution is -0.384. The molecule has 1 aliphatic rings. The number of nitro benzene ring substituents is 1. The van der Waals surface area contributed by atoms with Gasteiger partial charge in [0.05, 0.1) is 23.1 Å². The monoisotopic (exact) mass is 588 g/mol. The zero-order valence-corrected chi connectivity index (χ0v) is 23.6. The van der Waals surface area contributed by atoms with Gasteiger partial charge in [0.2, 0.25) is 5.13 Å². The van der Waals surface area contributed by atoms with E-state index in [-0.39, 0.29) is 22.2 Å². The first-order valence-corrected chi connectivity index (χ1v) is 14.4. The fraction of sp³-hybridized carbons (Fsp3) is 0.172. The zero-order chi connectivity index (χ0) is 29.1. The van der Waals surface area contributed by atoms with Crippen molar-refractivity contribution in [3.8, 4) is 5.75 Å². The molecule has 1 aromatic heterocycles. The van der Waals surface area contributed by atoms with Gasteiger partial charge in [-0.3, -0.25) is 24.6 Å². The molecule has 41 heavy (non-hydrogen) atoms. The van der Waals surface area contributed by atoms with Gasteiger partial charge in [-0.15, -0.1) is 10.2 Å². The summed E-state index contributed by atoms with van der Waals surface area (Å²) in [7, 11) is 0. The number of carbonyl (C=O) groups is 2. The standard InChI is InChI=1S/C29H24N4O6S2/c1-3-39-22-14-10-20(11-15-22)25(34)23-24(19-8-12-21(13-9-19)33(37)38)32(27(36)26(23)35)28-30-31-29(41-28)40-16-18-6-4-17(2)5-7-18/h4-15,24,34H,3,16H2,1-2H3/b25-23-. The fourth-order valence-corrected chi connectivity index (χ4v) is 6.17. The summed E-state index contributed by atoms with van der Waals surface area (Å²) < 4.78 is 6.05. The molecule has 12 heteroatoms. The molecule has 208 valence electrons. The van der Waals surface area contributed by atoms with Crippen LogP contribution in [0.1, 0.15) is 35.2 Å². The number of ketones is 1. The summed E-state index contributed by atoms with van der Waals surface area (Å²) in [5.41, 5.74) is 2.65. The summed E-state index contributed by atoms with van der Waals surface area (Å²) in [6.45, 7) is 4.32. The summed E-state index contributed by atoms with van der Waals surface area (Å²) in [4.78, 5) is 38.7. The van der Waals surface area contributed by atoms with Gasteiger partial charge >= 0.3 is 5.91 Å². The van der Waals surface area contributed by atoms with Crippen LogP contribution in [-0.4, -0.2) is 38.5 Å². The van der Waals surface area contributed by atoms with Crippen LogP contribution >= 0.6 is 23.1 Å². The van der Waals surface area contributed by atoms with E-state index in [1.807, 2.05) is 38.1 Å². The first-order valence-electron chi connectivity index (χ1n) is 12.6. The highest BCUT2D eigenvalue weighted by Crippen LogP contribution is 2.44. The molecule has 0 radical (unpaired) electrons. The van der Waals surface area contributed by atoms with Gasteiger partial charge in [-0.05, 0) is 61.4 Å². The molecule has 5 rings (SSSR count). The van der Waals surface area contributed by atoms with Crippen molar-refractivity contribution < 1.29 is 24.4 Å². The number of benzene rings is 3. The highest BCUT2D eigenvalue weighted by Gasteiger charge is 2.48. The lowest BCUT2D eigenvalue weighted by Gasteiger charge is -2.22. The van der Waals surface area contributed by atoms with Crippen LogP contribution in [0.4, 0.5) is 10.8 Å². The molecule has 4 aromatic rings. The normalized spacial score (nSPS) is 16.2. The highest BCUT2D eigenvalue weighted by atomic mass is 32.2. The van der Waals surface area contributed by atoms with E-state index in [0.717, 1.165) is 22.5 Å². The predicted octanol–water partition coefficient (Wildman–Crippen LogP) is 6.07. The molecule has 1 amide bonds. The molecule has 1 atom stereocenters. The van der Waals surface area contributed by atoms with Crippen LogP contribution < -0.4 is 9.64 Å². The van der Waals surface area contributed by atoms with E-state index in [1.165, 1.54) is 40.9 Å². The van der Waals surface area contributed by atoms with Crippen LogP contribution in [0.3, 0.4) is 0 Å². The van der Waals surface area contributed by atoms with Crippen molar-refractivity contribution in [3.63, 3.8) is 0 Å². The molecule has 1 unspecified atom stereocenters. The van der Waals surface area contributed by atoms with Gasteiger partial charge in [0.25, 0.3) is 11.5 Å². The van der Waals surface area contributed by atoms with Gasteiger partial charge in [0, 0.05) is 23.4 Å². The minimum absolute atomic E-state index is 0.150. The zero-order valence-electron chi connectivity index (χ0n) is 22.0. The van der Waals surface area contributed by atoms with Crippen molar-refractivity contribution in [3.05, 3.63) is 111 Å². The van der Waals surface area contributed by atoms with E-state index in [9.17, 15) is 24.8 Å². The number of amides is 1. The molecular formula is C29H24N4O6S2. The number of aromatic nitrogens is 2. The van der Waals surface area contributed by atoms with E-state index in [1.54, 1.807) is 24.3 Å². The Kier molecular flexibility index (Phi) is 8.13. The summed E-state index contributed by atoms with van der Waals surface area (Å²) in [5.74, 6) is -0.940. The van der Waals surface area contributed by atoms with E-state index in [2.05, 4.69) is 10.2 Å². The lowest BCUT2D eigenvalue weighted by atomic mass is 9.95. The average molecular weight is 589 g/mol. The van der Waals surface area contributed by atoms with Crippen molar-refractivity contribution >= 4 is 51.4 Å². The van der Waals surface area contributed by atoms with Crippen LogP contribution in [0.5, 0.6) is 5.75 Å². The van der Waals surface area contributed by atoms with Crippen molar-refractivity contribution in [2.45, 2.75) is 30.0 Å². The number of rotatable bonds is 9. The second-order valence-electron chi connectivity index (χ2n) is 9.10. The molecule has 1 aliphatic heterocycles. The topological polar surface area (TPSA) is 136 Å². The summed E-state index contributed by atoms with van der Waals surface area (Å²) >= 11 is 2.59. The maximum Gasteiger partial charge on any atom is 0.301 e. The maximum absolute atomic E-state index is 13.4. The molecule has 1 N–H and O–H groups in total. The van der Waals surface area contributed by atoms with Crippen LogP contribution in [0, 0.1) is 17.0 Å². The second kappa shape index (κ2) is 11.9. The Labute approximate surface area is 243 Å². The molecule has 0 saturated carbocycles. The minimum Gasteiger partial charge on any atom is -0.507 e. The number of hydrogen-bond acceptors (Lipinski definition) is 10. The van der Waals surface area contributed by atoms with Gasteiger partial charge in [-0.25, -0.2) is 0 Å². The number of ether oxygens (including phenoxy) is 1. The number of nitrogens with zero attached hydrogens (tertiary/aromatic N) is 4. The average Bonchev–Trinajstić information content (AvgIpc) is 3.55. The van der Waals surface area contributed by atoms with E-state index >= 15 is 0 Å². The van der Waals surface area contributed by atoms with Crippen LogP contribution in [0.15, 0.2) is 82.7 Å². The van der Waals surface area contributed by atoms with E-state index in [0.29, 0.717) is 33.6 Å². The Morgan fingerprint density at radius 3 is 2.37 bits per heavy atom. The minimum atomic E-state index is -1.08. The Balaban J connectivity index is 1.53. The number of Topliss-reactive ketones (excluding diaryl/α,β-unsaturated/α-hetero) is 1. The van der Waals surface area contributed by atoms with Crippen molar-refractivity contribution in [2.24, 2.45) is 0 Å². The number of carbonyl (C=O) groups excluding carboxylic acids is 2. The highest BCUT2D eigenvalue weighted by molar-refractivity contribution is 8.00. The number of non-ortho nitro benzene ring substituents is 1. The molecule has 1 saturated heterocycles. The predicted molar refractivity (Wildman–Crippen MR) is 156 cm³/mol. The molecule has 10 nitrogen and oxygen atoms in total. The molecule has 2 heterocycles. The van der Waals surface area contributed by atoms with Gasteiger partial charge in [-0.2, -0.15) is 0 Å². The van der Waals surface area contributed by atoms with Crippen LogP contribution in [-0.2, 0) is 15.3 Å². The third kappa shape index (κ3) is 5.83. The largest absolute Gasteiger partial charge is 0.507 e. The SMILES string of the molecule is CCOc1ccc(/C(O)=C2/C(=O)C(=O)N(c3nnc(SCc4ccc(C)cc4)s3)C2c2ccc([N+](=O)[O-])cc2)cc1. The van der Waals surface area contributed by atoms with Gasteiger partial charge < -0.3 is 9.84 Å². The van der Waals surface area contributed by atoms with Gasteiger partial charge in [0.1, 0.15) is 11.5 Å². The summed E-state index contributed by atoms with van der Waals surface area (Å²) in [6.07, 6.45) is 0. The molecule has 0 bridgehead atoms. The molecular weight excluding hydrogens is 564 g/mol. The smallest absolute Gasteiger partial charge is 0.301 e. The Morgan fingerprint density at radius 2 is 1.73 bits per heavy atom. The number of aryl methyl sites for hydroxylation is 1. The molecule has 0 aliphatic carbocycles. The number of aliphatic hydroxyl groups is 1. The van der Waals surface area contributed by atoms with Crippen LogP contribution in [0.2, 0.25) is 0 Å². The van der Waals surface area contributed by atoms with E-state index in [4.69, 9.17) is 4.74 Å². The lowest BCUT2D eigenvalue weighted by Crippen LogP contribution is -2.29. The van der Waals surface area contributed by atoms with Crippen molar-refractivity contribution in [2.75, 3.05) is 11.5 Å². The molecule has 3 aromatic carbocycles. The number of nitro groups is 1. The first kappa shape index (κ1) is 28.0. The second-order valence-corrected chi connectivity index (χ2v) is 11.3. The van der Waals surface area contributed by atoms with E-state index < -0.39 is 22.7 Å². The number of hydrogen-bond donors (Lipinski definition) is 1. The fourth-order valence-electron chi connectivity index (χ4n) is 4.34. The van der Waals surface area contributed by atoms with Crippen LogP contribution in [0.25, 0.3) is 5.76 Å². The molecule has 0 spiro atoms. The number of anilines is 1. The number of thioether (sulfide) groups is 1. The molecule has 1 fully saturated rings. The maximum atomic E-state index is 13.4. The van der Waals surface area contributed by atoms with Gasteiger partial charge in [0.15, 0.2) is 4.34 Å². The van der Waals surface area contributed by atoms with Crippen molar-refractivity contribution in [1.82, 2.24) is 10.2 Å². The van der Waals surface area contributed by atoms with Gasteiger partial charge in [-0.1, -0.05) is 52.9 Å². The third-order valence-electron chi connectivity index (χ3n) is 6.39. The Bertz CT molecular complexity index is 1630. The third-order valence-corrected chi connectivity index (χ3v) is 8.51. The number of aliphatic hydroxyl groups excluding tert-OH is 1. The Morgan fingerprint density at radius 1 is 1.05 bits per heavy atom. The first-order chi connectivity index (χ1) is 19.8. The quantitative estimate of drug-likeness (QED) is 0.0470. The Hall–Kier alpha value is -4.55. The summed E-state index contributed by atoms with van der Waals surface area (Å²) in [5, 5.41) is 31.1.